The number of benzene rings is 2. The van der Waals surface area contributed by atoms with Gasteiger partial charge in [0.25, 0.3) is 0 Å². The highest BCUT2D eigenvalue weighted by Gasteiger charge is 2.19. The fourth-order valence-corrected chi connectivity index (χ4v) is 2.42. The number of rotatable bonds is 6. The van der Waals surface area contributed by atoms with E-state index in [1.165, 1.54) is 7.11 Å². The Bertz CT molecular complexity index is 665. The van der Waals surface area contributed by atoms with Crippen molar-refractivity contribution in [2.75, 3.05) is 14.2 Å². The molecule has 0 aliphatic heterocycles. The molecule has 0 saturated carbocycles. The summed E-state index contributed by atoms with van der Waals surface area (Å²) in [5.41, 5.74) is 7.86. The van der Waals surface area contributed by atoms with Crippen LogP contribution in [0.4, 0.5) is 0 Å². The van der Waals surface area contributed by atoms with Crippen molar-refractivity contribution in [3.8, 4) is 11.5 Å². The van der Waals surface area contributed by atoms with Crippen molar-refractivity contribution in [3.05, 3.63) is 59.7 Å². The third-order valence-electron chi connectivity index (χ3n) is 3.65. The van der Waals surface area contributed by atoms with Gasteiger partial charge in [0.2, 0.25) is 5.91 Å². The van der Waals surface area contributed by atoms with E-state index >= 15 is 0 Å². The summed E-state index contributed by atoms with van der Waals surface area (Å²) in [6.45, 7) is 0.374. The lowest BCUT2D eigenvalue weighted by Gasteiger charge is -2.21. The molecule has 5 nitrogen and oxygen atoms in total. The number of carbonyl (C=O) groups excluding carboxylic acids is 1. The lowest BCUT2D eigenvalue weighted by atomic mass is 10.1. The molecule has 0 bridgehead atoms. The number of nitrogens with two attached hydrogens (primary N) is 1. The molecule has 0 unspecified atom stereocenters. The van der Waals surface area contributed by atoms with Crippen molar-refractivity contribution in [2.24, 2.45) is 5.73 Å². The summed E-state index contributed by atoms with van der Waals surface area (Å²) < 4.78 is 5.01. The van der Waals surface area contributed by atoms with Crippen LogP contribution in [0.5, 0.6) is 11.5 Å². The monoisotopic (exact) mass is 350 g/mol. The van der Waals surface area contributed by atoms with E-state index in [0.29, 0.717) is 18.7 Å². The van der Waals surface area contributed by atoms with E-state index in [1.807, 2.05) is 36.4 Å². The normalized spacial score (nSPS) is 11.3. The van der Waals surface area contributed by atoms with Crippen LogP contribution in [0.1, 0.15) is 11.1 Å². The second kappa shape index (κ2) is 9.15. The number of methoxy groups -OCH3 is 1. The van der Waals surface area contributed by atoms with E-state index in [0.717, 1.165) is 11.1 Å². The minimum atomic E-state index is -0.589. The Hall–Kier alpha value is -2.24. The number of amides is 1. The van der Waals surface area contributed by atoms with Gasteiger partial charge in [-0.1, -0.05) is 36.4 Å². The maximum Gasteiger partial charge on any atom is 0.239 e. The summed E-state index contributed by atoms with van der Waals surface area (Å²) in [5.74, 6) is 0.326. The van der Waals surface area contributed by atoms with E-state index in [1.54, 1.807) is 24.1 Å². The van der Waals surface area contributed by atoms with Gasteiger partial charge < -0.3 is 20.5 Å². The summed E-state index contributed by atoms with van der Waals surface area (Å²) in [5, 5.41) is 9.79. The standard InChI is InChI=1S/C18H22N2O3.ClH/c1-20(12-14-8-9-17(23-2)16(21)11-14)18(22)15(19)10-13-6-4-3-5-7-13;/h3-9,11,15,21H,10,12,19H2,1-2H3;1H/t15-;/m0./s1. The van der Waals surface area contributed by atoms with Crippen molar-refractivity contribution in [3.63, 3.8) is 0 Å². The Morgan fingerprint density at radius 3 is 2.46 bits per heavy atom. The molecule has 3 N–H and O–H groups in total. The third kappa shape index (κ3) is 5.15. The summed E-state index contributed by atoms with van der Waals surface area (Å²) in [7, 11) is 3.20. The maximum atomic E-state index is 12.4. The van der Waals surface area contributed by atoms with E-state index in [4.69, 9.17) is 10.5 Å². The zero-order chi connectivity index (χ0) is 16.8. The lowest BCUT2D eigenvalue weighted by Crippen LogP contribution is -2.42. The Morgan fingerprint density at radius 1 is 1.21 bits per heavy atom. The minimum absolute atomic E-state index is 0. The number of phenolic OH excluding ortho intramolecular Hbond substituents is 1. The fraction of sp³-hybridized carbons (Fsp3) is 0.278. The van der Waals surface area contributed by atoms with Crippen LogP contribution in [-0.2, 0) is 17.8 Å². The predicted octanol–water partition coefficient (Wildman–Crippen LogP) is 2.35. The summed E-state index contributed by atoms with van der Waals surface area (Å²) >= 11 is 0. The van der Waals surface area contributed by atoms with Crippen molar-refractivity contribution >= 4 is 18.3 Å². The number of hydrogen-bond donors (Lipinski definition) is 2. The molecular weight excluding hydrogens is 328 g/mol. The van der Waals surface area contributed by atoms with E-state index in [2.05, 4.69) is 0 Å². The third-order valence-corrected chi connectivity index (χ3v) is 3.65. The van der Waals surface area contributed by atoms with Gasteiger partial charge >= 0.3 is 0 Å². The van der Waals surface area contributed by atoms with Gasteiger partial charge in [-0.05, 0) is 29.7 Å². The van der Waals surface area contributed by atoms with Crippen LogP contribution < -0.4 is 10.5 Å². The molecule has 0 aliphatic carbocycles. The van der Waals surface area contributed by atoms with Crippen LogP contribution >= 0.6 is 12.4 Å². The topological polar surface area (TPSA) is 75.8 Å². The van der Waals surface area contributed by atoms with Crippen molar-refractivity contribution in [2.45, 2.75) is 19.0 Å². The molecule has 0 fully saturated rings. The quantitative estimate of drug-likeness (QED) is 0.838. The Balaban J connectivity index is 0.00000288. The van der Waals surface area contributed by atoms with Crippen molar-refractivity contribution < 1.29 is 14.6 Å². The molecule has 24 heavy (non-hydrogen) atoms. The second-order valence-corrected chi connectivity index (χ2v) is 5.50. The lowest BCUT2D eigenvalue weighted by molar-refractivity contribution is -0.131. The number of nitrogens with zero attached hydrogens (tertiary/aromatic N) is 1. The first-order valence-electron chi connectivity index (χ1n) is 7.41. The van der Waals surface area contributed by atoms with Crippen LogP contribution in [0.15, 0.2) is 48.5 Å². The van der Waals surface area contributed by atoms with Crippen LogP contribution in [0.3, 0.4) is 0 Å². The highest BCUT2D eigenvalue weighted by molar-refractivity contribution is 5.85. The molecule has 6 heteroatoms. The van der Waals surface area contributed by atoms with E-state index in [9.17, 15) is 9.90 Å². The first-order chi connectivity index (χ1) is 11.0. The van der Waals surface area contributed by atoms with Gasteiger partial charge in [-0.15, -0.1) is 12.4 Å². The summed E-state index contributed by atoms with van der Waals surface area (Å²) in [6, 6.07) is 14.2. The van der Waals surface area contributed by atoms with Gasteiger partial charge in [0, 0.05) is 13.6 Å². The number of carbonyl (C=O) groups is 1. The van der Waals surface area contributed by atoms with Crippen LogP contribution in [0, 0.1) is 0 Å². The van der Waals surface area contributed by atoms with E-state index < -0.39 is 6.04 Å². The van der Waals surface area contributed by atoms with Crippen LogP contribution in [0.2, 0.25) is 0 Å². The highest BCUT2D eigenvalue weighted by atomic mass is 35.5. The van der Waals surface area contributed by atoms with Crippen molar-refractivity contribution in [1.82, 2.24) is 4.90 Å². The maximum absolute atomic E-state index is 12.4. The summed E-state index contributed by atoms with van der Waals surface area (Å²) in [6.07, 6.45) is 0.498. The number of ether oxygens (including phenoxy) is 1. The largest absolute Gasteiger partial charge is 0.504 e. The predicted molar refractivity (Wildman–Crippen MR) is 96.5 cm³/mol. The van der Waals surface area contributed by atoms with Crippen LogP contribution in [0.25, 0.3) is 0 Å². The molecule has 1 atom stereocenters. The smallest absolute Gasteiger partial charge is 0.239 e. The van der Waals surface area contributed by atoms with Gasteiger partial charge in [0.05, 0.1) is 13.2 Å². The van der Waals surface area contributed by atoms with Gasteiger partial charge in [-0.25, -0.2) is 0 Å². The van der Waals surface area contributed by atoms with Crippen molar-refractivity contribution in [1.29, 1.82) is 0 Å². The molecule has 0 aromatic heterocycles. The van der Waals surface area contributed by atoms with Gasteiger partial charge in [-0.2, -0.15) is 0 Å². The number of aromatic hydroxyl groups is 1. The van der Waals surface area contributed by atoms with E-state index in [-0.39, 0.29) is 24.1 Å². The first kappa shape index (κ1) is 19.8. The van der Waals surface area contributed by atoms with Gasteiger partial charge in [-0.3, -0.25) is 4.79 Å². The highest BCUT2D eigenvalue weighted by Crippen LogP contribution is 2.26. The SMILES string of the molecule is COc1ccc(CN(C)C(=O)[C@@H](N)Cc2ccccc2)cc1O.Cl. The fourth-order valence-electron chi connectivity index (χ4n) is 2.42. The minimum Gasteiger partial charge on any atom is -0.504 e. The second-order valence-electron chi connectivity index (χ2n) is 5.50. The number of hydrogen-bond acceptors (Lipinski definition) is 4. The Morgan fingerprint density at radius 2 is 1.88 bits per heavy atom. The molecule has 130 valence electrons. The molecule has 0 saturated heterocycles. The molecule has 2 rings (SSSR count). The van der Waals surface area contributed by atoms with Gasteiger partial charge in [0.1, 0.15) is 0 Å². The first-order valence-corrected chi connectivity index (χ1v) is 7.41. The Labute approximate surface area is 148 Å². The van der Waals surface area contributed by atoms with Gasteiger partial charge in [0.15, 0.2) is 11.5 Å². The van der Waals surface area contributed by atoms with Crippen LogP contribution in [-0.4, -0.2) is 36.1 Å². The molecule has 0 heterocycles. The molecule has 2 aromatic rings. The Kier molecular flexibility index (Phi) is 7.55. The number of likely N-dealkylation sites (N-methyl/N-ethyl adjacent to an activating group) is 1. The molecular formula is C18H23ClN2O3. The molecule has 0 aliphatic rings. The zero-order valence-electron chi connectivity index (χ0n) is 13.8. The average Bonchev–Trinajstić information content (AvgIpc) is 2.55. The number of halogens is 1. The molecule has 0 spiro atoms. The average molecular weight is 351 g/mol. The number of phenols is 1. The molecule has 2 aromatic carbocycles. The molecule has 0 radical (unpaired) electrons. The zero-order valence-corrected chi connectivity index (χ0v) is 14.6. The molecule has 1 amide bonds. The summed E-state index contributed by atoms with van der Waals surface area (Å²) in [4.78, 5) is 13.9.